The molecule has 2 amide bonds. The first-order valence-corrected chi connectivity index (χ1v) is 11.4. The van der Waals surface area contributed by atoms with Crippen LogP contribution in [-0.4, -0.2) is 44.6 Å². The first-order chi connectivity index (χ1) is 15.2. The van der Waals surface area contributed by atoms with Crippen molar-refractivity contribution in [1.29, 1.82) is 0 Å². The lowest BCUT2D eigenvalue weighted by Crippen LogP contribution is -2.45. The van der Waals surface area contributed by atoms with E-state index >= 15 is 0 Å². The molecule has 0 atom stereocenters. The SMILES string of the molecule is CCc1nn(CCN(C(=O)OC(C)(C)C)C(=O)OC(C)(C)C)cc1Oc1cc(Cl)cc(Cl)c1. The van der Waals surface area contributed by atoms with Crippen molar-refractivity contribution in [2.45, 2.75) is 72.6 Å². The van der Waals surface area contributed by atoms with Crippen molar-refractivity contribution < 1.29 is 23.8 Å². The molecule has 0 unspecified atom stereocenters. The second kappa shape index (κ2) is 10.7. The molecule has 2 aromatic rings. The Hall–Kier alpha value is -2.45. The number of amides is 2. The number of rotatable bonds is 6. The number of ether oxygens (including phenoxy) is 3. The fraction of sp³-hybridized carbons (Fsp3) is 0.522. The van der Waals surface area contributed by atoms with Crippen LogP contribution in [0, 0.1) is 0 Å². The number of hydrogen-bond acceptors (Lipinski definition) is 6. The van der Waals surface area contributed by atoms with Crippen LogP contribution in [0.2, 0.25) is 10.0 Å². The van der Waals surface area contributed by atoms with Crippen LogP contribution in [0.25, 0.3) is 0 Å². The molecule has 0 aliphatic heterocycles. The van der Waals surface area contributed by atoms with E-state index in [1.54, 1.807) is 70.6 Å². The Labute approximate surface area is 204 Å². The molecule has 0 spiro atoms. The maximum Gasteiger partial charge on any atom is 0.419 e. The molecule has 0 fully saturated rings. The highest BCUT2D eigenvalue weighted by atomic mass is 35.5. The van der Waals surface area contributed by atoms with Gasteiger partial charge in [0.05, 0.1) is 19.3 Å². The van der Waals surface area contributed by atoms with E-state index in [-0.39, 0.29) is 13.1 Å². The van der Waals surface area contributed by atoms with Gasteiger partial charge in [-0.15, -0.1) is 0 Å². The Balaban J connectivity index is 2.20. The van der Waals surface area contributed by atoms with E-state index in [9.17, 15) is 9.59 Å². The van der Waals surface area contributed by atoms with Crippen LogP contribution in [0.3, 0.4) is 0 Å². The Morgan fingerprint density at radius 2 is 1.48 bits per heavy atom. The Kier molecular flexibility index (Phi) is 8.65. The summed E-state index contributed by atoms with van der Waals surface area (Å²) in [6, 6.07) is 4.91. The number of halogens is 2. The zero-order chi connectivity index (χ0) is 25.0. The molecule has 0 N–H and O–H groups in total. The van der Waals surface area contributed by atoms with Crippen molar-refractivity contribution in [3.63, 3.8) is 0 Å². The van der Waals surface area contributed by atoms with Gasteiger partial charge in [0, 0.05) is 10.0 Å². The van der Waals surface area contributed by atoms with Gasteiger partial charge in [0.15, 0.2) is 5.75 Å². The number of aromatic nitrogens is 2. The molecule has 0 saturated heterocycles. The third-order valence-electron chi connectivity index (χ3n) is 3.98. The molecule has 1 heterocycles. The van der Waals surface area contributed by atoms with Crippen molar-refractivity contribution >= 4 is 35.4 Å². The van der Waals surface area contributed by atoms with Crippen LogP contribution in [0.5, 0.6) is 11.5 Å². The van der Waals surface area contributed by atoms with E-state index in [2.05, 4.69) is 5.10 Å². The van der Waals surface area contributed by atoms with Crippen molar-refractivity contribution in [3.05, 3.63) is 40.1 Å². The molecule has 2 rings (SSSR count). The average Bonchev–Trinajstić information content (AvgIpc) is 2.99. The summed E-state index contributed by atoms with van der Waals surface area (Å²) in [5.74, 6) is 1.00. The molecule has 0 bridgehead atoms. The minimum absolute atomic E-state index is 0.00288. The summed E-state index contributed by atoms with van der Waals surface area (Å²) in [6.45, 7) is 12.5. The van der Waals surface area contributed by atoms with E-state index in [0.717, 1.165) is 4.90 Å². The largest absolute Gasteiger partial charge is 0.454 e. The van der Waals surface area contributed by atoms with Gasteiger partial charge in [-0.3, -0.25) is 4.68 Å². The van der Waals surface area contributed by atoms with Gasteiger partial charge < -0.3 is 14.2 Å². The van der Waals surface area contributed by atoms with E-state index in [4.69, 9.17) is 37.4 Å². The Morgan fingerprint density at radius 1 is 0.970 bits per heavy atom. The molecule has 0 saturated carbocycles. The highest BCUT2D eigenvalue weighted by Crippen LogP contribution is 2.30. The van der Waals surface area contributed by atoms with Gasteiger partial charge in [-0.25, -0.2) is 14.5 Å². The molecule has 33 heavy (non-hydrogen) atoms. The maximum absolute atomic E-state index is 12.7. The fourth-order valence-corrected chi connectivity index (χ4v) is 3.20. The molecule has 182 valence electrons. The predicted molar refractivity (Wildman–Crippen MR) is 127 cm³/mol. The van der Waals surface area contributed by atoms with Crippen LogP contribution in [0.15, 0.2) is 24.4 Å². The number of hydrogen-bond donors (Lipinski definition) is 0. The van der Waals surface area contributed by atoms with Crippen LogP contribution in [0.1, 0.15) is 54.2 Å². The number of benzene rings is 1. The monoisotopic (exact) mass is 499 g/mol. The second-order valence-corrected chi connectivity index (χ2v) is 10.2. The molecular formula is C23H31Cl2N3O5. The zero-order valence-corrected chi connectivity index (χ0v) is 21.6. The number of carbonyl (C=O) groups is 2. The van der Waals surface area contributed by atoms with E-state index in [0.29, 0.717) is 33.7 Å². The van der Waals surface area contributed by atoms with E-state index < -0.39 is 23.4 Å². The summed E-state index contributed by atoms with van der Waals surface area (Å²) < 4.78 is 18.3. The standard InChI is InChI=1S/C23H31Cl2N3O5/c1-8-18-19(31-17-12-15(24)11-16(25)13-17)14-27(26-18)9-10-28(20(29)32-22(2,3)4)21(30)33-23(5,6)7/h11-14H,8-10H2,1-7H3. The predicted octanol–water partition coefficient (Wildman–Crippen LogP) is 6.72. The summed E-state index contributed by atoms with van der Waals surface area (Å²) in [5.41, 5.74) is -0.831. The summed E-state index contributed by atoms with van der Waals surface area (Å²) >= 11 is 12.1. The van der Waals surface area contributed by atoms with E-state index in [1.807, 2.05) is 6.92 Å². The fourth-order valence-electron chi connectivity index (χ4n) is 2.70. The first kappa shape index (κ1) is 26.8. The van der Waals surface area contributed by atoms with Gasteiger partial charge in [-0.05, 0) is 66.2 Å². The highest BCUT2D eigenvalue weighted by molar-refractivity contribution is 6.34. The molecule has 1 aromatic carbocycles. The number of nitrogens with zero attached hydrogens (tertiary/aromatic N) is 3. The van der Waals surface area contributed by atoms with Crippen molar-refractivity contribution in [2.24, 2.45) is 0 Å². The minimum Gasteiger partial charge on any atom is -0.454 e. The highest BCUT2D eigenvalue weighted by Gasteiger charge is 2.31. The van der Waals surface area contributed by atoms with Crippen LogP contribution in [0.4, 0.5) is 9.59 Å². The summed E-state index contributed by atoms with van der Waals surface area (Å²) in [4.78, 5) is 26.3. The molecule has 0 aliphatic rings. The summed E-state index contributed by atoms with van der Waals surface area (Å²) in [6.07, 6.45) is 0.725. The quantitative estimate of drug-likeness (QED) is 0.438. The van der Waals surface area contributed by atoms with Gasteiger partial charge in [0.25, 0.3) is 0 Å². The molecule has 10 heteroatoms. The number of aryl methyl sites for hydroxylation is 1. The number of imide groups is 1. The summed E-state index contributed by atoms with van der Waals surface area (Å²) in [7, 11) is 0. The maximum atomic E-state index is 12.7. The molecule has 0 radical (unpaired) electrons. The molecule has 0 aliphatic carbocycles. The molecular weight excluding hydrogens is 469 g/mol. The smallest absolute Gasteiger partial charge is 0.419 e. The topological polar surface area (TPSA) is 82.9 Å². The lowest BCUT2D eigenvalue weighted by atomic mass is 10.2. The van der Waals surface area contributed by atoms with Crippen molar-refractivity contribution in [3.8, 4) is 11.5 Å². The van der Waals surface area contributed by atoms with Gasteiger partial charge in [-0.2, -0.15) is 5.10 Å². The number of carbonyl (C=O) groups excluding carboxylic acids is 2. The van der Waals surface area contributed by atoms with Gasteiger partial charge in [0.2, 0.25) is 0 Å². The van der Waals surface area contributed by atoms with Crippen molar-refractivity contribution in [2.75, 3.05) is 6.54 Å². The van der Waals surface area contributed by atoms with E-state index in [1.165, 1.54) is 0 Å². The van der Waals surface area contributed by atoms with Gasteiger partial charge in [-0.1, -0.05) is 30.1 Å². The lowest BCUT2D eigenvalue weighted by molar-refractivity contribution is 0.000748. The first-order valence-electron chi connectivity index (χ1n) is 10.6. The van der Waals surface area contributed by atoms with Crippen LogP contribution >= 0.6 is 23.2 Å². The van der Waals surface area contributed by atoms with Crippen LogP contribution < -0.4 is 4.74 Å². The third-order valence-corrected chi connectivity index (χ3v) is 4.42. The van der Waals surface area contributed by atoms with Crippen LogP contribution in [-0.2, 0) is 22.4 Å². The third kappa shape index (κ3) is 8.78. The molecule has 1 aromatic heterocycles. The second-order valence-electron chi connectivity index (χ2n) is 9.38. The zero-order valence-electron chi connectivity index (χ0n) is 20.1. The average molecular weight is 500 g/mol. The normalized spacial score (nSPS) is 11.8. The Morgan fingerprint density at radius 3 is 1.94 bits per heavy atom. The van der Waals surface area contributed by atoms with Gasteiger partial charge >= 0.3 is 12.2 Å². The van der Waals surface area contributed by atoms with Crippen molar-refractivity contribution in [1.82, 2.24) is 14.7 Å². The summed E-state index contributed by atoms with van der Waals surface area (Å²) in [5, 5.41) is 5.41. The minimum atomic E-state index is -0.787. The van der Waals surface area contributed by atoms with Gasteiger partial charge in [0.1, 0.15) is 22.6 Å². The Bertz CT molecular complexity index is 945. The molecule has 8 nitrogen and oxygen atoms in total. The lowest BCUT2D eigenvalue weighted by Gasteiger charge is -2.28.